The van der Waals surface area contributed by atoms with E-state index in [-0.39, 0.29) is 0 Å². The number of sulfonamides is 1. The molecule has 152 valence electrons. The number of benzene rings is 1. The summed E-state index contributed by atoms with van der Waals surface area (Å²) in [7, 11) is -3.45. The molecule has 29 heavy (non-hydrogen) atoms. The van der Waals surface area contributed by atoms with Gasteiger partial charge in [0.25, 0.3) is 5.78 Å². The summed E-state index contributed by atoms with van der Waals surface area (Å²) in [5.41, 5.74) is 3.83. The van der Waals surface area contributed by atoms with Gasteiger partial charge in [-0.15, -0.1) is 0 Å². The molecule has 0 aliphatic carbocycles. The third-order valence-electron chi connectivity index (χ3n) is 6.13. The van der Waals surface area contributed by atoms with Gasteiger partial charge in [-0.05, 0) is 44.7 Å². The quantitative estimate of drug-likeness (QED) is 0.655. The number of hydrogen-bond acceptors (Lipinski definition) is 6. The number of hydrogen-bond donors (Lipinski definition) is 0. The molecule has 1 unspecified atom stereocenters. The molecule has 8 nitrogen and oxygen atoms in total. The molecular weight excluding hydrogens is 388 g/mol. The molecule has 1 aromatic carbocycles. The Hall–Kier alpha value is -2.68. The van der Waals surface area contributed by atoms with Crippen LogP contribution in [0.3, 0.4) is 0 Å². The predicted octanol–water partition coefficient (Wildman–Crippen LogP) is 2.10. The Morgan fingerprint density at radius 2 is 1.97 bits per heavy atom. The lowest BCUT2D eigenvalue weighted by atomic mass is 10.1. The van der Waals surface area contributed by atoms with Crippen LogP contribution in [0.15, 0.2) is 30.6 Å². The monoisotopic (exact) mass is 412 g/mol. The summed E-state index contributed by atoms with van der Waals surface area (Å²) in [6.45, 7) is 5.72. The third-order valence-corrected chi connectivity index (χ3v) is 8.35. The molecule has 1 saturated heterocycles. The van der Waals surface area contributed by atoms with E-state index < -0.39 is 15.3 Å². The molecule has 0 spiro atoms. The van der Waals surface area contributed by atoms with Crippen molar-refractivity contribution in [3.05, 3.63) is 47.4 Å². The molecule has 0 N–H and O–H groups in total. The summed E-state index contributed by atoms with van der Waals surface area (Å²) in [5.74, 6) is 1.44. The molecule has 0 radical (unpaired) electrons. The van der Waals surface area contributed by atoms with E-state index in [0.29, 0.717) is 25.3 Å². The van der Waals surface area contributed by atoms with Crippen LogP contribution in [-0.4, -0.2) is 52.9 Å². The van der Waals surface area contributed by atoms with Crippen LogP contribution in [0.1, 0.15) is 29.7 Å². The predicted molar refractivity (Wildman–Crippen MR) is 112 cm³/mol. The van der Waals surface area contributed by atoms with Gasteiger partial charge in [-0.2, -0.15) is 14.6 Å². The van der Waals surface area contributed by atoms with E-state index in [4.69, 9.17) is 0 Å². The van der Waals surface area contributed by atoms with E-state index >= 15 is 0 Å². The van der Waals surface area contributed by atoms with E-state index in [1.807, 2.05) is 38.1 Å². The fraction of sp³-hybridized carbons (Fsp3) is 0.450. The van der Waals surface area contributed by atoms with Crippen LogP contribution in [0.4, 0.5) is 11.5 Å². The van der Waals surface area contributed by atoms with E-state index in [1.165, 1.54) is 6.33 Å². The van der Waals surface area contributed by atoms with Gasteiger partial charge in [-0.25, -0.2) is 13.4 Å². The molecule has 2 aromatic heterocycles. The zero-order valence-electron chi connectivity index (χ0n) is 16.6. The number of para-hydroxylation sites is 1. The molecule has 1 fully saturated rings. The summed E-state index contributed by atoms with van der Waals surface area (Å²) in [6, 6.07) is 7.80. The lowest BCUT2D eigenvalue weighted by Gasteiger charge is -2.36. The Kier molecular flexibility index (Phi) is 4.23. The van der Waals surface area contributed by atoms with Crippen molar-refractivity contribution in [2.24, 2.45) is 0 Å². The van der Waals surface area contributed by atoms with Crippen LogP contribution in [0, 0.1) is 13.8 Å². The fourth-order valence-electron chi connectivity index (χ4n) is 4.51. The van der Waals surface area contributed by atoms with Gasteiger partial charge < -0.3 is 4.90 Å². The summed E-state index contributed by atoms with van der Waals surface area (Å²) in [4.78, 5) is 10.8. The first kappa shape index (κ1) is 18.4. The average molecular weight is 413 g/mol. The van der Waals surface area contributed by atoms with E-state index in [1.54, 1.807) is 8.82 Å². The molecule has 0 amide bonds. The lowest BCUT2D eigenvalue weighted by Crippen LogP contribution is -2.48. The number of aromatic nitrogens is 4. The van der Waals surface area contributed by atoms with Gasteiger partial charge in [0.2, 0.25) is 10.0 Å². The van der Waals surface area contributed by atoms with Gasteiger partial charge in [-0.1, -0.05) is 18.2 Å². The molecule has 2 aliphatic heterocycles. The number of nitrogens with zero attached hydrogens (tertiary/aromatic N) is 6. The van der Waals surface area contributed by atoms with E-state index in [2.05, 4.69) is 20.0 Å². The first-order valence-electron chi connectivity index (χ1n) is 9.98. The minimum absolute atomic E-state index is 0.445. The highest BCUT2D eigenvalue weighted by Crippen LogP contribution is 2.34. The minimum Gasteiger partial charge on any atom is -0.355 e. The highest BCUT2D eigenvalue weighted by Gasteiger charge is 2.39. The summed E-state index contributed by atoms with van der Waals surface area (Å²) in [5, 5.41) is 3.88. The van der Waals surface area contributed by atoms with Gasteiger partial charge in [0.05, 0.1) is 10.9 Å². The largest absolute Gasteiger partial charge is 0.355 e. The maximum atomic E-state index is 13.5. The van der Waals surface area contributed by atoms with Crippen molar-refractivity contribution in [1.82, 2.24) is 19.6 Å². The van der Waals surface area contributed by atoms with Crippen molar-refractivity contribution in [3.63, 3.8) is 0 Å². The van der Waals surface area contributed by atoms with Gasteiger partial charge in [0, 0.05) is 30.9 Å². The zero-order valence-corrected chi connectivity index (χ0v) is 17.4. The molecule has 9 heteroatoms. The number of rotatable bonds is 3. The van der Waals surface area contributed by atoms with Gasteiger partial charge in [-0.3, -0.25) is 4.31 Å². The molecule has 0 bridgehead atoms. The van der Waals surface area contributed by atoms with Crippen molar-refractivity contribution in [3.8, 4) is 0 Å². The maximum absolute atomic E-state index is 13.5. The fourth-order valence-corrected chi connectivity index (χ4v) is 6.50. The topological polar surface area (TPSA) is 83.7 Å². The smallest absolute Gasteiger partial charge is 0.254 e. The third kappa shape index (κ3) is 2.87. The minimum atomic E-state index is -3.45. The molecule has 2 aliphatic rings. The number of anilines is 2. The summed E-state index contributed by atoms with van der Waals surface area (Å²) in [6.07, 6.45) is 3.75. The molecule has 1 atom stereocenters. The second kappa shape index (κ2) is 6.69. The van der Waals surface area contributed by atoms with Gasteiger partial charge in [0.1, 0.15) is 12.1 Å². The van der Waals surface area contributed by atoms with E-state index in [0.717, 1.165) is 47.7 Å². The first-order valence-corrected chi connectivity index (χ1v) is 11.5. The molecule has 5 rings (SSSR count). The highest BCUT2D eigenvalue weighted by molar-refractivity contribution is 7.93. The van der Waals surface area contributed by atoms with Crippen LogP contribution in [0.25, 0.3) is 5.78 Å². The molecular formula is C20H24N6O2S. The van der Waals surface area contributed by atoms with Crippen LogP contribution >= 0.6 is 0 Å². The number of fused-ring (bicyclic) bond motifs is 2. The van der Waals surface area contributed by atoms with Crippen LogP contribution in [0.2, 0.25) is 0 Å². The standard InChI is InChI=1S/C20H24N6O2S/c1-14-15(2)23-20-21-13-22-26(20)19(14)24-10-5-7-17(12-24)29(27,28)25-11-9-16-6-3-4-8-18(16)25/h3-4,6,8,13,17H,5,7,9-12H2,1-2H3. The Balaban J connectivity index is 1.49. The van der Waals surface area contributed by atoms with Gasteiger partial charge in [0.15, 0.2) is 0 Å². The summed E-state index contributed by atoms with van der Waals surface area (Å²) >= 11 is 0. The van der Waals surface area contributed by atoms with Crippen molar-refractivity contribution in [2.45, 2.75) is 38.4 Å². The van der Waals surface area contributed by atoms with Crippen molar-refractivity contribution < 1.29 is 8.42 Å². The van der Waals surface area contributed by atoms with Crippen molar-refractivity contribution >= 4 is 27.3 Å². The van der Waals surface area contributed by atoms with Crippen LogP contribution < -0.4 is 9.21 Å². The second-order valence-corrected chi connectivity index (χ2v) is 9.96. The number of aryl methyl sites for hydroxylation is 1. The van der Waals surface area contributed by atoms with Crippen molar-refractivity contribution in [2.75, 3.05) is 28.8 Å². The Morgan fingerprint density at radius 1 is 1.14 bits per heavy atom. The molecule has 0 saturated carbocycles. The second-order valence-electron chi connectivity index (χ2n) is 7.82. The zero-order chi connectivity index (χ0) is 20.2. The van der Waals surface area contributed by atoms with Crippen LogP contribution in [0.5, 0.6) is 0 Å². The Morgan fingerprint density at radius 3 is 2.83 bits per heavy atom. The lowest BCUT2D eigenvalue weighted by molar-refractivity contribution is 0.524. The molecule has 3 aromatic rings. The van der Waals surface area contributed by atoms with E-state index in [9.17, 15) is 8.42 Å². The number of piperidine rings is 1. The Bertz CT molecular complexity index is 1190. The van der Waals surface area contributed by atoms with Crippen molar-refractivity contribution in [1.29, 1.82) is 0 Å². The Labute approximate surface area is 170 Å². The summed E-state index contributed by atoms with van der Waals surface area (Å²) < 4.78 is 30.4. The SMILES string of the molecule is Cc1nc2ncnn2c(N2CCCC(S(=O)(=O)N3CCc4ccccc43)C2)c1C. The normalized spacial score (nSPS) is 19.7. The average Bonchev–Trinajstić information content (AvgIpc) is 3.36. The maximum Gasteiger partial charge on any atom is 0.254 e. The first-order chi connectivity index (χ1) is 14.0. The van der Waals surface area contributed by atoms with Gasteiger partial charge >= 0.3 is 0 Å². The van der Waals surface area contributed by atoms with Crippen LogP contribution in [-0.2, 0) is 16.4 Å². The highest BCUT2D eigenvalue weighted by atomic mass is 32.2. The molecule has 4 heterocycles.